The van der Waals surface area contributed by atoms with Gasteiger partial charge in [-0.1, -0.05) is 6.07 Å². The van der Waals surface area contributed by atoms with Crippen LogP contribution < -0.4 is 0 Å². The molecule has 6 nitrogen and oxygen atoms in total. The van der Waals surface area contributed by atoms with Crippen molar-refractivity contribution < 1.29 is 19.4 Å². The zero-order valence-corrected chi connectivity index (χ0v) is 13.4. The molecule has 1 unspecified atom stereocenters. The van der Waals surface area contributed by atoms with E-state index in [1.807, 2.05) is 17.5 Å². The van der Waals surface area contributed by atoms with Gasteiger partial charge in [0.2, 0.25) is 0 Å². The van der Waals surface area contributed by atoms with Crippen molar-refractivity contribution in [2.75, 3.05) is 13.1 Å². The van der Waals surface area contributed by atoms with Crippen molar-refractivity contribution in [2.45, 2.75) is 19.1 Å². The van der Waals surface area contributed by atoms with Gasteiger partial charge in [0.05, 0.1) is 17.5 Å². The highest BCUT2D eigenvalue weighted by Crippen LogP contribution is 2.28. The van der Waals surface area contributed by atoms with Crippen LogP contribution in [0.1, 0.15) is 17.4 Å². The van der Waals surface area contributed by atoms with Crippen LogP contribution in [0.15, 0.2) is 22.9 Å². The number of carbonyl (C=O) groups is 2. The largest absolute Gasteiger partial charge is 0.479 e. The summed E-state index contributed by atoms with van der Waals surface area (Å²) in [5.74, 6) is -1.30. The van der Waals surface area contributed by atoms with Crippen LogP contribution in [0.2, 0.25) is 0 Å². The van der Waals surface area contributed by atoms with Crippen LogP contribution in [0.4, 0.5) is 0 Å². The highest BCUT2D eigenvalue weighted by molar-refractivity contribution is 7.20. The highest BCUT2D eigenvalue weighted by atomic mass is 32.1. The molecule has 1 N–H and O–H groups in total. The minimum Gasteiger partial charge on any atom is -0.479 e. The number of carboxylic acid groups (broad SMARTS) is 1. The smallest absolute Gasteiger partial charge is 0.334 e. The van der Waals surface area contributed by atoms with Crippen molar-refractivity contribution >= 4 is 34.6 Å². The van der Waals surface area contributed by atoms with Gasteiger partial charge in [-0.3, -0.25) is 4.79 Å². The molecule has 0 aromatic carbocycles. The Bertz CT molecular complexity index is 683. The van der Waals surface area contributed by atoms with E-state index in [1.54, 1.807) is 23.6 Å². The molecule has 2 aromatic rings. The third-order valence-electron chi connectivity index (χ3n) is 3.28. The number of nitrogens with zero attached hydrogens (tertiary/aromatic N) is 2. The number of aromatic nitrogens is 1. The predicted molar refractivity (Wildman–Crippen MR) is 83.3 cm³/mol. The van der Waals surface area contributed by atoms with Gasteiger partial charge in [-0.15, -0.1) is 22.7 Å². The Morgan fingerprint density at radius 1 is 1.41 bits per heavy atom. The van der Waals surface area contributed by atoms with Gasteiger partial charge in [-0.05, 0) is 18.4 Å². The molecule has 2 aromatic heterocycles. The second kappa shape index (κ2) is 6.15. The number of thiazole rings is 1. The Labute approximate surface area is 135 Å². The van der Waals surface area contributed by atoms with Crippen molar-refractivity contribution in [1.29, 1.82) is 0 Å². The number of thiophene rings is 1. The number of hydrogen-bond acceptors (Lipinski definition) is 6. The van der Waals surface area contributed by atoms with E-state index < -0.39 is 12.1 Å². The van der Waals surface area contributed by atoms with Crippen LogP contribution in [0.3, 0.4) is 0 Å². The summed E-state index contributed by atoms with van der Waals surface area (Å²) >= 11 is 2.98. The van der Waals surface area contributed by atoms with Gasteiger partial charge in [-0.25, -0.2) is 9.78 Å². The maximum Gasteiger partial charge on any atom is 0.334 e. The number of rotatable bonds is 3. The van der Waals surface area contributed by atoms with E-state index in [0.29, 0.717) is 12.2 Å². The van der Waals surface area contributed by atoms with Crippen LogP contribution in [0.25, 0.3) is 9.88 Å². The van der Waals surface area contributed by atoms with Crippen LogP contribution in [-0.4, -0.2) is 52.2 Å². The van der Waals surface area contributed by atoms with E-state index in [0.717, 1.165) is 9.88 Å². The van der Waals surface area contributed by atoms with Crippen molar-refractivity contribution in [3.05, 3.63) is 28.6 Å². The lowest BCUT2D eigenvalue weighted by Gasteiger charge is -2.34. The number of ether oxygens (including phenoxy) is 1. The summed E-state index contributed by atoms with van der Waals surface area (Å²) in [5, 5.41) is 13.6. The van der Waals surface area contributed by atoms with Crippen molar-refractivity contribution in [2.24, 2.45) is 0 Å². The van der Waals surface area contributed by atoms with Crippen LogP contribution in [0, 0.1) is 0 Å². The SMILES string of the molecule is C[C@@H]1CN(C(=O)c2csc(-c3cccs3)n2)CC(C(=O)O)O1. The van der Waals surface area contributed by atoms with Crippen LogP contribution in [-0.2, 0) is 9.53 Å². The first-order chi connectivity index (χ1) is 10.5. The Balaban J connectivity index is 1.77. The monoisotopic (exact) mass is 338 g/mol. The fourth-order valence-corrected chi connectivity index (χ4v) is 3.91. The molecular formula is C14H14N2O4S2. The zero-order chi connectivity index (χ0) is 15.7. The average Bonchev–Trinajstić information content (AvgIpc) is 3.16. The molecule has 0 spiro atoms. The molecule has 1 aliphatic rings. The Morgan fingerprint density at radius 3 is 2.91 bits per heavy atom. The molecule has 1 saturated heterocycles. The zero-order valence-electron chi connectivity index (χ0n) is 11.8. The van der Waals surface area contributed by atoms with Gasteiger partial charge < -0.3 is 14.7 Å². The number of carbonyl (C=O) groups excluding carboxylic acids is 1. The topological polar surface area (TPSA) is 79.7 Å². The molecule has 1 aliphatic heterocycles. The maximum atomic E-state index is 12.5. The lowest BCUT2D eigenvalue weighted by molar-refractivity contribution is -0.160. The van der Waals surface area contributed by atoms with Crippen LogP contribution >= 0.6 is 22.7 Å². The van der Waals surface area contributed by atoms with Crippen molar-refractivity contribution in [1.82, 2.24) is 9.88 Å². The summed E-state index contributed by atoms with van der Waals surface area (Å²) in [5.41, 5.74) is 0.353. The van der Waals surface area contributed by atoms with Gasteiger partial charge in [-0.2, -0.15) is 0 Å². The second-order valence-electron chi connectivity index (χ2n) is 5.00. The number of aliphatic carboxylic acids is 1. The molecular weight excluding hydrogens is 324 g/mol. The van der Waals surface area contributed by atoms with E-state index >= 15 is 0 Å². The normalized spacial score (nSPS) is 21.8. The summed E-state index contributed by atoms with van der Waals surface area (Å²) in [7, 11) is 0. The first-order valence-electron chi connectivity index (χ1n) is 6.71. The highest BCUT2D eigenvalue weighted by Gasteiger charge is 2.33. The molecule has 0 aliphatic carbocycles. The molecule has 1 fully saturated rings. The Hall–Kier alpha value is -1.77. The fourth-order valence-electron chi connectivity index (χ4n) is 2.30. The molecule has 3 heterocycles. The summed E-state index contributed by atoms with van der Waals surface area (Å²) in [4.78, 5) is 30.5. The molecule has 22 heavy (non-hydrogen) atoms. The number of amides is 1. The van der Waals surface area contributed by atoms with Gasteiger partial charge in [0.25, 0.3) is 5.91 Å². The minimum absolute atomic E-state index is 0.0460. The predicted octanol–water partition coefficient (Wildman–Crippen LogP) is 2.19. The summed E-state index contributed by atoms with van der Waals surface area (Å²) < 4.78 is 5.32. The van der Waals surface area contributed by atoms with Crippen LogP contribution in [0.5, 0.6) is 0 Å². The van der Waals surface area contributed by atoms with Crippen molar-refractivity contribution in [3.63, 3.8) is 0 Å². The standard InChI is InChI=1S/C14H14N2O4S2/c1-8-5-16(6-10(20-8)14(18)19)13(17)9-7-22-12(15-9)11-3-2-4-21-11/h2-4,7-8,10H,5-6H2,1H3,(H,18,19)/t8-,10?/m1/s1. The molecule has 2 atom stereocenters. The van der Waals surface area contributed by atoms with Gasteiger partial charge in [0.1, 0.15) is 10.7 Å². The summed E-state index contributed by atoms with van der Waals surface area (Å²) in [6, 6.07) is 3.89. The fraction of sp³-hybridized carbons (Fsp3) is 0.357. The van der Waals surface area contributed by atoms with E-state index in [1.165, 1.54) is 16.2 Å². The minimum atomic E-state index is -1.05. The molecule has 0 saturated carbocycles. The first-order valence-corrected chi connectivity index (χ1v) is 8.47. The quantitative estimate of drug-likeness (QED) is 0.928. The lowest BCUT2D eigenvalue weighted by atomic mass is 10.2. The number of carboxylic acids is 1. The molecule has 0 bridgehead atoms. The maximum absolute atomic E-state index is 12.5. The molecule has 0 radical (unpaired) electrons. The molecule has 3 rings (SSSR count). The summed E-state index contributed by atoms with van der Waals surface area (Å²) in [6.45, 7) is 2.17. The Kier molecular flexibility index (Phi) is 4.23. The number of hydrogen-bond donors (Lipinski definition) is 1. The lowest BCUT2D eigenvalue weighted by Crippen LogP contribution is -2.51. The molecule has 1 amide bonds. The molecule has 8 heteroatoms. The Morgan fingerprint density at radius 2 is 2.23 bits per heavy atom. The number of morpholine rings is 1. The third-order valence-corrected chi connectivity index (χ3v) is 5.16. The molecule has 116 valence electrons. The second-order valence-corrected chi connectivity index (χ2v) is 6.80. The van der Waals surface area contributed by atoms with Gasteiger partial charge in [0, 0.05) is 11.9 Å². The van der Waals surface area contributed by atoms with E-state index in [9.17, 15) is 9.59 Å². The average molecular weight is 338 g/mol. The van der Waals surface area contributed by atoms with E-state index in [-0.39, 0.29) is 18.6 Å². The first kappa shape index (κ1) is 15.1. The van der Waals surface area contributed by atoms with E-state index in [4.69, 9.17) is 9.84 Å². The van der Waals surface area contributed by atoms with Crippen molar-refractivity contribution in [3.8, 4) is 9.88 Å². The summed E-state index contributed by atoms with van der Waals surface area (Å²) in [6.07, 6.45) is -1.29. The van der Waals surface area contributed by atoms with E-state index in [2.05, 4.69) is 4.98 Å². The van der Waals surface area contributed by atoms with Gasteiger partial charge in [0.15, 0.2) is 6.10 Å². The third kappa shape index (κ3) is 3.03. The van der Waals surface area contributed by atoms with Gasteiger partial charge >= 0.3 is 5.97 Å².